The van der Waals surface area contributed by atoms with Crippen LogP contribution in [0.1, 0.15) is 72.2 Å². The maximum absolute atomic E-state index is 13.7. The average molecular weight is 638 g/mol. The van der Waals surface area contributed by atoms with Gasteiger partial charge in [0.2, 0.25) is 0 Å². The van der Waals surface area contributed by atoms with Gasteiger partial charge in [-0.15, -0.1) is 0 Å². The van der Waals surface area contributed by atoms with Crippen molar-refractivity contribution in [3.8, 4) is 11.3 Å². The summed E-state index contributed by atoms with van der Waals surface area (Å²) in [5, 5.41) is 16.7. The molecule has 3 fully saturated rings. The van der Waals surface area contributed by atoms with E-state index in [0.717, 1.165) is 36.3 Å². The molecule has 2 amide bonds. The van der Waals surface area contributed by atoms with Gasteiger partial charge >= 0.3 is 18.2 Å². The molecule has 228 valence electrons. The Bertz CT molecular complexity index is 1550. The van der Waals surface area contributed by atoms with Gasteiger partial charge in [0, 0.05) is 29.1 Å². The van der Waals surface area contributed by atoms with E-state index < -0.39 is 35.0 Å². The van der Waals surface area contributed by atoms with Gasteiger partial charge in [0.1, 0.15) is 11.5 Å². The maximum atomic E-state index is 13.7. The van der Waals surface area contributed by atoms with E-state index in [1.165, 1.54) is 0 Å². The third-order valence-electron chi connectivity index (χ3n) is 8.57. The predicted molar refractivity (Wildman–Crippen MR) is 152 cm³/mol. The van der Waals surface area contributed by atoms with Gasteiger partial charge < -0.3 is 24.6 Å². The van der Waals surface area contributed by atoms with Crippen LogP contribution in [0.15, 0.2) is 40.9 Å². The molecule has 2 N–H and O–H groups in total. The Kier molecular flexibility index (Phi) is 7.85. The topological polar surface area (TPSA) is 105 Å². The number of carbonyl (C=O) groups is 2. The van der Waals surface area contributed by atoms with E-state index in [-0.39, 0.29) is 36.6 Å². The number of aromatic nitrogens is 1. The molecule has 3 aromatic rings. The molecule has 13 heteroatoms. The van der Waals surface area contributed by atoms with E-state index in [2.05, 4.69) is 10.5 Å². The minimum atomic E-state index is -4.85. The molecule has 2 aromatic carbocycles. The molecule has 0 radical (unpaired) electrons. The fourth-order valence-electron chi connectivity index (χ4n) is 6.37. The van der Waals surface area contributed by atoms with Gasteiger partial charge in [-0.3, -0.25) is 0 Å². The van der Waals surface area contributed by atoms with Gasteiger partial charge in [-0.05, 0) is 68.4 Å². The monoisotopic (exact) mass is 637 g/mol. The summed E-state index contributed by atoms with van der Waals surface area (Å²) >= 11 is 12.9. The van der Waals surface area contributed by atoms with Crippen molar-refractivity contribution < 1.29 is 37.1 Å². The van der Waals surface area contributed by atoms with Crippen LogP contribution in [0.2, 0.25) is 10.0 Å². The number of aromatic carboxylic acids is 1. The van der Waals surface area contributed by atoms with Gasteiger partial charge in [-0.2, -0.15) is 13.2 Å². The lowest BCUT2D eigenvalue weighted by molar-refractivity contribution is -0.136. The summed E-state index contributed by atoms with van der Waals surface area (Å²) in [4.78, 5) is 26.2. The van der Waals surface area contributed by atoms with Crippen LogP contribution in [-0.4, -0.2) is 45.4 Å². The molecule has 2 unspecified atom stereocenters. The Morgan fingerprint density at radius 1 is 1.14 bits per heavy atom. The molecule has 4 atom stereocenters. The number of carboxylic acid groups (broad SMARTS) is 1. The number of hydrogen-bond donors (Lipinski definition) is 2. The van der Waals surface area contributed by atoms with E-state index in [1.54, 1.807) is 23.1 Å². The number of carboxylic acids is 1. The first-order valence-corrected chi connectivity index (χ1v) is 14.8. The molecule has 3 heterocycles. The smallest absolute Gasteiger partial charge is 0.418 e. The highest BCUT2D eigenvalue weighted by molar-refractivity contribution is 6.39. The summed E-state index contributed by atoms with van der Waals surface area (Å²) in [7, 11) is 0. The highest BCUT2D eigenvalue weighted by atomic mass is 35.5. The Morgan fingerprint density at radius 2 is 1.86 bits per heavy atom. The summed E-state index contributed by atoms with van der Waals surface area (Å²) in [6.07, 6.45) is -1.39. The number of ether oxygens (including phenoxy) is 1. The molecule has 1 aliphatic carbocycles. The lowest BCUT2D eigenvalue weighted by Crippen LogP contribution is -2.51. The molecule has 2 saturated heterocycles. The molecule has 43 heavy (non-hydrogen) atoms. The number of hydrogen-bond acceptors (Lipinski definition) is 5. The van der Waals surface area contributed by atoms with Crippen LogP contribution in [0, 0.1) is 5.92 Å². The minimum Gasteiger partial charge on any atom is -0.478 e. The van der Waals surface area contributed by atoms with Crippen molar-refractivity contribution in [3.63, 3.8) is 0 Å². The molecule has 2 bridgehead atoms. The number of anilines is 1. The summed E-state index contributed by atoms with van der Waals surface area (Å²) in [6, 6.07) is 6.61. The zero-order valence-electron chi connectivity index (χ0n) is 23.0. The number of rotatable bonds is 7. The predicted octanol–water partition coefficient (Wildman–Crippen LogP) is 8.23. The second-order valence-electron chi connectivity index (χ2n) is 11.5. The largest absolute Gasteiger partial charge is 0.478 e. The SMILES string of the molecule is C[C@@H]1CC2C[C@H](OCc3c(-c4c(Cl)cccc4Cl)noc3C3CC3)CC1N2C(=O)Nc1ccc(C(=O)O)cc1C(F)(F)F. The Balaban J connectivity index is 1.18. The zero-order valence-corrected chi connectivity index (χ0v) is 24.5. The highest BCUT2D eigenvalue weighted by Crippen LogP contribution is 2.47. The van der Waals surface area contributed by atoms with Gasteiger partial charge in [-0.1, -0.05) is 41.3 Å². The summed E-state index contributed by atoms with van der Waals surface area (Å²) in [6.45, 7) is 2.22. The maximum Gasteiger partial charge on any atom is 0.418 e. The second-order valence-corrected chi connectivity index (χ2v) is 12.3. The van der Waals surface area contributed by atoms with Crippen molar-refractivity contribution in [1.29, 1.82) is 0 Å². The number of fused-ring (bicyclic) bond motifs is 2. The average Bonchev–Trinajstić information content (AvgIpc) is 3.66. The number of nitrogens with zero attached hydrogens (tertiary/aromatic N) is 2. The van der Waals surface area contributed by atoms with Crippen LogP contribution >= 0.6 is 23.2 Å². The standard InChI is InChI=1S/C30H28Cl2F3N3O5/c1-14-9-17-11-18(42-13-19-26(37-43-27(19)15-5-6-15)25-21(31)3-2-4-22(25)32)12-24(14)38(17)29(41)36-23-8-7-16(28(39)40)10-20(23)30(33,34)35/h2-4,7-8,10,14-15,17-18,24H,5-6,9,11-13H2,1H3,(H,36,41)(H,39,40)/t14-,17?,18+,24?/m1/s1. The van der Waals surface area contributed by atoms with Crippen molar-refractivity contribution >= 4 is 40.9 Å². The van der Waals surface area contributed by atoms with Crippen molar-refractivity contribution in [2.75, 3.05) is 5.32 Å². The van der Waals surface area contributed by atoms with Crippen molar-refractivity contribution in [2.24, 2.45) is 5.92 Å². The van der Waals surface area contributed by atoms with E-state index >= 15 is 0 Å². The van der Waals surface area contributed by atoms with Crippen LogP contribution in [0.5, 0.6) is 0 Å². The molecule has 1 aromatic heterocycles. The van der Waals surface area contributed by atoms with Crippen LogP contribution in [-0.2, 0) is 17.5 Å². The third kappa shape index (κ3) is 5.82. The van der Waals surface area contributed by atoms with Crippen LogP contribution in [0.4, 0.5) is 23.7 Å². The van der Waals surface area contributed by atoms with Crippen LogP contribution in [0.3, 0.4) is 0 Å². The number of nitrogens with one attached hydrogen (secondary N) is 1. The Morgan fingerprint density at radius 3 is 2.49 bits per heavy atom. The van der Waals surface area contributed by atoms with Crippen molar-refractivity contribution in [1.82, 2.24) is 10.1 Å². The summed E-state index contributed by atoms with van der Waals surface area (Å²) < 4.78 is 53.3. The lowest BCUT2D eigenvalue weighted by atomic mass is 9.97. The highest BCUT2D eigenvalue weighted by Gasteiger charge is 2.48. The first-order valence-electron chi connectivity index (χ1n) is 14.0. The third-order valence-corrected chi connectivity index (χ3v) is 9.20. The quantitative estimate of drug-likeness (QED) is 0.270. The number of amides is 2. The number of piperidine rings is 1. The van der Waals surface area contributed by atoms with E-state index in [1.807, 2.05) is 6.92 Å². The fraction of sp³-hybridized carbons (Fsp3) is 0.433. The van der Waals surface area contributed by atoms with Crippen molar-refractivity contribution in [3.05, 3.63) is 68.9 Å². The first-order chi connectivity index (χ1) is 20.4. The minimum absolute atomic E-state index is 0.107. The summed E-state index contributed by atoms with van der Waals surface area (Å²) in [5.41, 5.74) is -0.306. The molecular formula is C30H28Cl2F3N3O5. The number of benzene rings is 2. The Labute approximate surface area is 255 Å². The van der Waals surface area contributed by atoms with Gasteiger partial charge in [0.15, 0.2) is 0 Å². The molecule has 8 nitrogen and oxygen atoms in total. The molecular weight excluding hydrogens is 610 g/mol. The second kappa shape index (κ2) is 11.3. The van der Waals surface area contributed by atoms with Gasteiger partial charge in [0.25, 0.3) is 0 Å². The van der Waals surface area contributed by atoms with Crippen LogP contribution in [0.25, 0.3) is 11.3 Å². The summed E-state index contributed by atoms with van der Waals surface area (Å²) in [5.74, 6) is -0.367. The molecule has 1 saturated carbocycles. The first kappa shape index (κ1) is 29.8. The molecule has 0 spiro atoms. The van der Waals surface area contributed by atoms with Gasteiger partial charge in [0.05, 0.1) is 39.6 Å². The number of alkyl halides is 3. The zero-order chi connectivity index (χ0) is 30.6. The number of urea groups is 1. The Hall–Kier alpha value is -3.28. The normalized spacial score (nSPS) is 23.4. The van der Waals surface area contributed by atoms with Crippen LogP contribution < -0.4 is 5.32 Å². The molecule has 3 aliphatic rings. The van der Waals surface area contributed by atoms with Crippen molar-refractivity contribution in [2.45, 2.75) is 75.9 Å². The molecule has 2 aliphatic heterocycles. The van der Waals surface area contributed by atoms with E-state index in [0.29, 0.717) is 46.6 Å². The number of halogens is 5. The number of carbonyl (C=O) groups excluding carboxylic acids is 1. The molecule has 6 rings (SSSR count). The van der Waals surface area contributed by atoms with E-state index in [4.69, 9.17) is 37.6 Å². The fourth-order valence-corrected chi connectivity index (χ4v) is 6.95. The lowest BCUT2D eigenvalue weighted by Gasteiger charge is -2.39. The van der Waals surface area contributed by atoms with E-state index in [9.17, 15) is 22.8 Å². The van der Waals surface area contributed by atoms with Gasteiger partial charge in [-0.25, -0.2) is 9.59 Å².